The molecule has 4 nitrogen and oxygen atoms in total. The van der Waals surface area contributed by atoms with E-state index in [4.69, 9.17) is 9.90 Å². The van der Waals surface area contributed by atoms with Crippen LogP contribution in [0.2, 0.25) is 0 Å². The predicted molar refractivity (Wildman–Crippen MR) is 303 cm³/mol. The number of rotatable bonds is 52. The Kier molecular flexibility index (Phi) is 53.0. The number of unbranched alkanes of at least 4 members (excludes halogenated alkanes) is 45. The van der Waals surface area contributed by atoms with E-state index in [-0.39, 0.29) is 5.91 Å². The molecule has 0 atom stereocenters. The minimum atomic E-state index is -0.833. The number of benzene rings is 1. The van der Waals surface area contributed by atoms with Gasteiger partial charge in [0, 0.05) is 19.5 Å². The van der Waals surface area contributed by atoms with Crippen LogP contribution in [0, 0.1) is 0 Å². The normalized spacial score (nSPS) is 11.2. The van der Waals surface area contributed by atoms with Crippen LogP contribution in [0.3, 0.4) is 0 Å². The Morgan fingerprint density at radius 1 is 0.338 bits per heavy atom. The second kappa shape index (κ2) is 54.5. The summed E-state index contributed by atoms with van der Waals surface area (Å²) in [4.78, 5) is 22.1. The predicted octanol–water partition coefficient (Wildman–Crippen LogP) is 21.5. The molecule has 0 spiro atoms. The van der Waals surface area contributed by atoms with Crippen molar-refractivity contribution < 1.29 is 14.7 Å². The van der Waals surface area contributed by atoms with Gasteiger partial charge in [-0.1, -0.05) is 310 Å². The molecule has 0 saturated heterocycles. The highest BCUT2D eigenvalue weighted by Crippen LogP contribution is 2.26. The quantitative estimate of drug-likeness (QED) is 0.0640. The van der Waals surface area contributed by atoms with Crippen molar-refractivity contribution in [1.29, 1.82) is 0 Å². The first kappa shape index (κ1) is 66.2. The Hall–Kier alpha value is -1.84. The molecule has 2 N–H and O–H groups in total. The molecule has 0 unspecified atom stereocenters. The molecule has 0 aliphatic rings. The Morgan fingerprint density at radius 3 is 0.706 bits per heavy atom. The molecular formula is C64H121NO3. The zero-order valence-corrected chi connectivity index (χ0v) is 47.0. The first-order valence-electron chi connectivity index (χ1n) is 31.0. The van der Waals surface area contributed by atoms with Crippen molar-refractivity contribution in [2.24, 2.45) is 0 Å². The zero-order valence-electron chi connectivity index (χ0n) is 47.0. The van der Waals surface area contributed by atoms with Gasteiger partial charge in [0.2, 0.25) is 0 Å². The summed E-state index contributed by atoms with van der Waals surface area (Å²) < 4.78 is 0. The van der Waals surface area contributed by atoms with Crippen molar-refractivity contribution in [2.75, 3.05) is 7.05 Å². The highest BCUT2D eigenvalue weighted by Gasteiger charge is 2.15. The highest BCUT2D eigenvalue weighted by molar-refractivity contribution is 5.94. The van der Waals surface area contributed by atoms with Gasteiger partial charge in [-0.2, -0.15) is 0 Å². The minimum Gasteiger partial charge on any atom is -0.481 e. The van der Waals surface area contributed by atoms with Gasteiger partial charge in [0.25, 0.3) is 11.9 Å². The molecule has 0 bridgehead atoms. The third-order valence-corrected chi connectivity index (χ3v) is 14.8. The number of carbonyl (C=O) groups is 2. The molecule has 1 aromatic rings. The van der Waals surface area contributed by atoms with Crippen LogP contribution in [-0.4, -0.2) is 24.0 Å². The van der Waals surface area contributed by atoms with Crippen LogP contribution in [0.4, 0.5) is 0 Å². The highest BCUT2D eigenvalue weighted by atomic mass is 16.4. The number of aryl methyl sites for hydroxylation is 2. The third-order valence-electron chi connectivity index (χ3n) is 14.8. The Bertz CT molecular complexity index is 1130. The van der Waals surface area contributed by atoms with Crippen LogP contribution in [0.1, 0.15) is 363 Å². The van der Waals surface area contributed by atoms with E-state index in [9.17, 15) is 4.79 Å². The fraction of sp³-hybridized carbons (Fsp3) is 0.875. The zero-order chi connectivity index (χ0) is 49.6. The SMILES string of the molecule is CC(=O)O.CCCCCCCCCCCCCCCCCCc1cc(C(=O)NC)cc(CCCCCCCCCCCCCCCCCC)c1CCCCCCCCCCCCCCCCCC. The molecule has 0 aromatic heterocycles. The van der Waals surface area contributed by atoms with Crippen molar-refractivity contribution in [1.82, 2.24) is 5.32 Å². The average molecular weight is 953 g/mol. The van der Waals surface area contributed by atoms with Crippen LogP contribution in [0.15, 0.2) is 12.1 Å². The average Bonchev–Trinajstić information content (AvgIpc) is 3.33. The monoisotopic (exact) mass is 952 g/mol. The summed E-state index contributed by atoms with van der Waals surface area (Å²) in [5.74, 6) is -0.740. The summed E-state index contributed by atoms with van der Waals surface area (Å²) in [6.07, 6.45) is 71.3. The van der Waals surface area contributed by atoms with Crippen molar-refractivity contribution in [3.8, 4) is 0 Å². The Balaban J connectivity index is 0.0000108. The van der Waals surface area contributed by atoms with Gasteiger partial charge in [-0.3, -0.25) is 9.59 Å². The van der Waals surface area contributed by atoms with E-state index in [0.29, 0.717) is 0 Å². The first-order chi connectivity index (χ1) is 33.4. The lowest BCUT2D eigenvalue weighted by molar-refractivity contribution is -0.134. The van der Waals surface area contributed by atoms with Gasteiger partial charge in [-0.05, 0) is 67.3 Å². The van der Waals surface area contributed by atoms with Crippen LogP contribution in [0.5, 0.6) is 0 Å². The fourth-order valence-electron chi connectivity index (χ4n) is 10.4. The number of amides is 1. The molecule has 400 valence electrons. The fourth-order valence-corrected chi connectivity index (χ4v) is 10.4. The smallest absolute Gasteiger partial charge is 0.300 e. The summed E-state index contributed by atoms with van der Waals surface area (Å²) in [5, 5.41) is 10.4. The molecule has 1 aromatic carbocycles. The van der Waals surface area contributed by atoms with Gasteiger partial charge < -0.3 is 10.4 Å². The lowest BCUT2D eigenvalue weighted by Crippen LogP contribution is -2.19. The number of carboxylic acids is 1. The van der Waals surface area contributed by atoms with Crippen molar-refractivity contribution in [2.45, 2.75) is 355 Å². The standard InChI is InChI=1S/C62H117NO.C2H4O2/c1-5-8-11-14-17-20-23-26-29-32-35-38-41-44-47-50-53-58-56-60(62(64)63-4)57-59(54-51-48-45-42-39-36-33-30-27-24-21-18-15-12-9-6-2)61(58)55-52-49-46-43-40-37-34-31-28-25-22-19-16-13-10-7-3;1-2(3)4/h56-57H,5-55H2,1-4H3,(H,63,64);1H3,(H,3,4). The molecule has 0 fully saturated rings. The molecule has 0 aliphatic heterocycles. The van der Waals surface area contributed by atoms with E-state index in [1.54, 1.807) is 12.6 Å². The van der Waals surface area contributed by atoms with Gasteiger partial charge in [0.15, 0.2) is 0 Å². The topological polar surface area (TPSA) is 66.4 Å². The van der Waals surface area contributed by atoms with Gasteiger partial charge in [-0.15, -0.1) is 0 Å². The van der Waals surface area contributed by atoms with Crippen LogP contribution in [-0.2, 0) is 24.1 Å². The Labute approximate surface area is 426 Å². The van der Waals surface area contributed by atoms with E-state index in [2.05, 4.69) is 38.2 Å². The molecule has 0 heterocycles. The van der Waals surface area contributed by atoms with Crippen LogP contribution >= 0.6 is 0 Å². The number of hydrogen-bond donors (Lipinski definition) is 2. The molecule has 1 amide bonds. The van der Waals surface area contributed by atoms with E-state index in [1.165, 1.54) is 326 Å². The summed E-state index contributed by atoms with van der Waals surface area (Å²) in [6, 6.07) is 4.59. The molecule has 4 heteroatoms. The molecular weight excluding hydrogens is 831 g/mol. The van der Waals surface area contributed by atoms with E-state index in [1.807, 2.05) is 0 Å². The van der Waals surface area contributed by atoms with Crippen molar-refractivity contribution >= 4 is 11.9 Å². The summed E-state index contributed by atoms with van der Waals surface area (Å²) in [5.41, 5.74) is 5.52. The number of nitrogens with one attached hydrogen (secondary N) is 1. The van der Waals surface area contributed by atoms with Gasteiger partial charge >= 0.3 is 0 Å². The largest absolute Gasteiger partial charge is 0.481 e. The second-order valence-electron chi connectivity index (χ2n) is 21.5. The molecule has 0 saturated carbocycles. The van der Waals surface area contributed by atoms with E-state index < -0.39 is 5.97 Å². The van der Waals surface area contributed by atoms with Gasteiger partial charge in [0.1, 0.15) is 0 Å². The lowest BCUT2D eigenvalue weighted by Gasteiger charge is -2.18. The first-order valence-corrected chi connectivity index (χ1v) is 31.0. The number of carboxylic acid groups (broad SMARTS) is 1. The van der Waals surface area contributed by atoms with Gasteiger partial charge in [0.05, 0.1) is 0 Å². The summed E-state index contributed by atoms with van der Waals surface area (Å²) in [6.45, 7) is 8.02. The maximum atomic E-state index is 13.1. The molecule has 0 radical (unpaired) electrons. The van der Waals surface area contributed by atoms with E-state index in [0.717, 1.165) is 25.3 Å². The van der Waals surface area contributed by atoms with Crippen LogP contribution < -0.4 is 5.32 Å². The molecule has 1 rings (SSSR count). The lowest BCUT2D eigenvalue weighted by atomic mass is 9.88. The number of hydrogen-bond acceptors (Lipinski definition) is 2. The third kappa shape index (κ3) is 46.5. The summed E-state index contributed by atoms with van der Waals surface area (Å²) >= 11 is 0. The molecule has 68 heavy (non-hydrogen) atoms. The van der Waals surface area contributed by atoms with Crippen molar-refractivity contribution in [3.05, 3.63) is 34.4 Å². The minimum absolute atomic E-state index is 0.0930. The Morgan fingerprint density at radius 2 is 0.515 bits per heavy atom. The number of carbonyl (C=O) groups excluding carboxylic acids is 1. The maximum absolute atomic E-state index is 13.1. The molecule has 0 aliphatic carbocycles. The van der Waals surface area contributed by atoms with E-state index >= 15 is 0 Å². The van der Waals surface area contributed by atoms with Crippen LogP contribution in [0.25, 0.3) is 0 Å². The summed E-state index contributed by atoms with van der Waals surface area (Å²) in [7, 11) is 1.80. The number of aliphatic carboxylic acids is 1. The second-order valence-corrected chi connectivity index (χ2v) is 21.5. The van der Waals surface area contributed by atoms with Gasteiger partial charge in [-0.25, -0.2) is 0 Å². The maximum Gasteiger partial charge on any atom is 0.300 e. The van der Waals surface area contributed by atoms with Crippen molar-refractivity contribution in [3.63, 3.8) is 0 Å².